The van der Waals surface area contributed by atoms with Crippen LogP contribution in [0.5, 0.6) is 0 Å². The molecule has 0 bridgehead atoms. The molecule has 0 aromatic rings. The van der Waals surface area contributed by atoms with Gasteiger partial charge in [0.05, 0.1) is 0 Å². The van der Waals surface area contributed by atoms with Crippen LogP contribution < -0.4 is 0 Å². The Balaban J connectivity index is 2.36. The quantitative estimate of drug-likeness (QED) is 0.694. The van der Waals surface area contributed by atoms with Gasteiger partial charge in [-0.05, 0) is 39.4 Å². The number of rotatable bonds is 6. The van der Waals surface area contributed by atoms with Gasteiger partial charge in [-0.2, -0.15) is 0 Å². The van der Waals surface area contributed by atoms with Gasteiger partial charge in [-0.25, -0.2) is 0 Å². The minimum absolute atomic E-state index is 0.555. The van der Waals surface area contributed by atoms with Crippen molar-refractivity contribution in [1.29, 1.82) is 0 Å². The summed E-state index contributed by atoms with van der Waals surface area (Å²) in [6.07, 6.45) is 7.10. The summed E-state index contributed by atoms with van der Waals surface area (Å²) in [4.78, 5) is 4.77. The number of halogens is 1. The number of alkyl halides is 1. The van der Waals surface area contributed by atoms with E-state index >= 15 is 0 Å². The second kappa shape index (κ2) is 6.97. The zero-order chi connectivity index (χ0) is 12.0. The molecule has 1 fully saturated rings. The molecule has 0 aromatic heterocycles. The maximum absolute atomic E-state index is 3.74. The van der Waals surface area contributed by atoms with E-state index in [0.717, 1.165) is 6.54 Å². The molecule has 1 saturated carbocycles. The third-order valence-corrected chi connectivity index (χ3v) is 4.92. The molecular weight excluding hydrogens is 264 g/mol. The Morgan fingerprint density at radius 2 is 1.62 bits per heavy atom. The van der Waals surface area contributed by atoms with Crippen molar-refractivity contribution in [3.63, 3.8) is 0 Å². The van der Waals surface area contributed by atoms with Crippen LogP contribution in [0, 0.1) is 5.41 Å². The van der Waals surface area contributed by atoms with E-state index in [1.807, 2.05) is 0 Å². The molecular formula is C13H27BrN2. The highest BCUT2D eigenvalue weighted by Gasteiger charge is 2.31. The van der Waals surface area contributed by atoms with Gasteiger partial charge in [-0.1, -0.05) is 35.2 Å². The predicted octanol–water partition coefficient (Wildman–Crippen LogP) is 2.83. The van der Waals surface area contributed by atoms with E-state index in [4.69, 9.17) is 0 Å². The smallest absolute Gasteiger partial charge is 0.0106 e. The topological polar surface area (TPSA) is 6.48 Å². The second-order valence-corrected chi connectivity index (χ2v) is 6.30. The first kappa shape index (κ1) is 14.5. The van der Waals surface area contributed by atoms with Gasteiger partial charge < -0.3 is 9.80 Å². The van der Waals surface area contributed by atoms with Crippen LogP contribution in [-0.2, 0) is 0 Å². The number of nitrogens with zero attached hydrogens (tertiary/aromatic N) is 2. The molecule has 1 aliphatic carbocycles. The van der Waals surface area contributed by atoms with Gasteiger partial charge in [0, 0.05) is 25.0 Å². The molecule has 0 aromatic carbocycles. The van der Waals surface area contributed by atoms with Crippen LogP contribution in [0.4, 0.5) is 0 Å². The molecule has 0 aliphatic heterocycles. The van der Waals surface area contributed by atoms with Crippen molar-refractivity contribution in [2.75, 3.05) is 46.1 Å². The Hall–Kier alpha value is 0.400. The van der Waals surface area contributed by atoms with Crippen LogP contribution in [-0.4, -0.2) is 55.9 Å². The minimum atomic E-state index is 0.555. The van der Waals surface area contributed by atoms with Crippen molar-refractivity contribution in [2.24, 2.45) is 5.41 Å². The molecule has 0 amide bonds. The summed E-state index contributed by atoms with van der Waals surface area (Å²) in [5, 5.41) is 1.17. The van der Waals surface area contributed by atoms with Crippen LogP contribution >= 0.6 is 15.9 Å². The lowest BCUT2D eigenvalue weighted by Gasteiger charge is -2.39. The number of hydrogen-bond acceptors (Lipinski definition) is 2. The van der Waals surface area contributed by atoms with E-state index in [9.17, 15) is 0 Å². The predicted molar refractivity (Wildman–Crippen MR) is 75.4 cm³/mol. The molecule has 0 radical (unpaired) electrons. The van der Waals surface area contributed by atoms with Crippen molar-refractivity contribution >= 4 is 15.9 Å². The molecule has 0 unspecified atom stereocenters. The largest absolute Gasteiger partial charge is 0.308 e. The third-order valence-electron chi connectivity index (χ3n) is 3.73. The highest BCUT2D eigenvalue weighted by atomic mass is 79.9. The van der Waals surface area contributed by atoms with Crippen LogP contribution in [0.3, 0.4) is 0 Å². The van der Waals surface area contributed by atoms with Gasteiger partial charge in [-0.3, -0.25) is 0 Å². The highest BCUT2D eigenvalue weighted by molar-refractivity contribution is 9.09. The first-order chi connectivity index (χ1) is 7.58. The van der Waals surface area contributed by atoms with Crippen molar-refractivity contribution in [1.82, 2.24) is 9.80 Å². The monoisotopic (exact) mass is 290 g/mol. The molecule has 2 nitrogen and oxygen atoms in total. The Morgan fingerprint density at radius 3 is 2.12 bits per heavy atom. The SMILES string of the molecule is CN(C)CCN(C)CC1(CBr)CCCCC1. The van der Waals surface area contributed by atoms with Gasteiger partial charge in [0.15, 0.2) is 0 Å². The lowest BCUT2D eigenvalue weighted by atomic mass is 9.75. The highest BCUT2D eigenvalue weighted by Crippen LogP contribution is 2.38. The summed E-state index contributed by atoms with van der Waals surface area (Å²) >= 11 is 3.74. The molecule has 1 rings (SSSR count). The Kier molecular flexibility index (Phi) is 6.30. The average Bonchev–Trinajstić information content (AvgIpc) is 2.28. The standard InChI is InChI=1S/C13H27BrN2/c1-15(2)9-10-16(3)12-13(11-14)7-5-4-6-8-13/h4-12H2,1-3H3. The van der Waals surface area contributed by atoms with Crippen LogP contribution in [0.2, 0.25) is 0 Å². The van der Waals surface area contributed by atoms with E-state index in [1.54, 1.807) is 0 Å². The summed E-state index contributed by atoms with van der Waals surface area (Å²) in [6, 6.07) is 0. The fourth-order valence-corrected chi connectivity index (χ4v) is 3.40. The van der Waals surface area contributed by atoms with Gasteiger partial charge in [0.1, 0.15) is 0 Å². The third kappa shape index (κ3) is 4.72. The maximum Gasteiger partial charge on any atom is 0.0106 e. The summed E-state index contributed by atoms with van der Waals surface area (Å²) < 4.78 is 0. The average molecular weight is 291 g/mol. The summed E-state index contributed by atoms with van der Waals surface area (Å²) in [5.41, 5.74) is 0.555. The van der Waals surface area contributed by atoms with Crippen molar-refractivity contribution in [2.45, 2.75) is 32.1 Å². The normalized spacial score (nSPS) is 20.6. The van der Waals surface area contributed by atoms with Crippen molar-refractivity contribution < 1.29 is 0 Å². The zero-order valence-corrected chi connectivity index (χ0v) is 12.7. The van der Waals surface area contributed by atoms with Gasteiger partial charge in [0.2, 0.25) is 0 Å². The molecule has 96 valence electrons. The lowest BCUT2D eigenvalue weighted by molar-refractivity contribution is 0.139. The summed E-state index contributed by atoms with van der Waals surface area (Å²) in [6.45, 7) is 3.60. The van der Waals surface area contributed by atoms with Crippen LogP contribution in [0.1, 0.15) is 32.1 Å². The first-order valence-corrected chi connectivity index (χ1v) is 7.59. The van der Waals surface area contributed by atoms with E-state index < -0.39 is 0 Å². The van der Waals surface area contributed by atoms with Gasteiger partial charge >= 0.3 is 0 Å². The molecule has 16 heavy (non-hydrogen) atoms. The fourth-order valence-electron chi connectivity index (χ4n) is 2.66. The van der Waals surface area contributed by atoms with Crippen molar-refractivity contribution in [3.05, 3.63) is 0 Å². The van der Waals surface area contributed by atoms with E-state index in [1.165, 1.54) is 50.5 Å². The first-order valence-electron chi connectivity index (χ1n) is 6.47. The molecule has 0 atom stereocenters. The van der Waals surface area contributed by atoms with E-state index in [-0.39, 0.29) is 0 Å². The maximum atomic E-state index is 3.74. The lowest BCUT2D eigenvalue weighted by Crippen LogP contribution is -2.40. The van der Waals surface area contributed by atoms with E-state index in [2.05, 4.69) is 46.9 Å². The van der Waals surface area contributed by atoms with Crippen molar-refractivity contribution in [3.8, 4) is 0 Å². The number of hydrogen-bond donors (Lipinski definition) is 0. The Morgan fingerprint density at radius 1 is 1.00 bits per heavy atom. The zero-order valence-electron chi connectivity index (χ0n) is 11.1. The number of likely N-dealkylation sites (N-methyl/N-ethyl adjacent to an activating group) is 2. The van der Waals surface area contributed by atoms with Gasteiger partial charge in [0.25, 0.3) is 0 Å². The second-order valence-electron chi connectivity index (χ2n) is 5.74. The van der Waals surface area contributed by atoms with E-state index in [0.29, 0.717) is 5.41 Å². The summed E-state index contributed by atoms with van der Waals surface area (Å²) in [7, 11) is 6.56. The fraction of sp³-hybridized carbons (Fsp3) is 1.00. The molecule has 0 heterocycles. The van der Waals surface area contributed by atoms with Crippen LogP contribution in [0.15, 0.2) is 0 Å². The molecule has 0 spiro atoms. The molecule has 1 aliphatic rings. The Bertz CT molecular complexity index is 188. The van der Waals surface area contributed by atoms with Crippen LogP contribution in [0.25, 0.3) is 0 Å². The molecule has 3 heteroatoms. The van der Waals surface area contributed by atoms with Gasteiger partial charge in [-0.15, -0.1) is 0 Å². The summed E-state index contributed by atoms with van der Waals surface area (Å²) in [5.74, 6) is 0. The minimum Gasteiger partial charge on any atom is -0.308 e. The Labute approximate surface area is 109 Å². The molecule has 0 saturated heterocycles. The molecule has 0 N–H and O–H groups in total.